The number of aliphatic hydroxyl groups excluding tert-OH is 2. The molecule has 348 valence electrons. The number of rotatable bonds is 21. The standard InChI is InChI=1S/C38H54N8O17/c1-21(2)31(52)41-35-40-30-27(33(54)42-35)39-20-46(30)34-28(60-24(5)50)29(61-25(6)51)38(63-34,19-59-23(4)49)18-58-12-11-57-10-9-56-8-7-44-14-26(62-37(15-44,16-47)17-48)45-13-22(3)32(53)43-36(45)55/h13,20-21,26,28-29,34,47-48H,7-12,14-19H2,1-6H3,(H,43,53,55)(H2,40,41,42,52,54)/t26-,28-,29+,34-,38-/m1/s1. The predicted octanol–water partition coefficient (Wildman–Crippen LogP) is -2.13. The topological polar surface area (TPSA) is 316 Å². The fraction of sp³-hybridized carbons (Fsp3) is 0.658. The number of hydrogen-bond donors (Lipinski definition) is 5. The third-order valence-electron chi connectivity index (χ3n) is 10.0. The van der Waals surface area contributed by atoms with Crippen molar-refractivity contribution in [2.45, 2.75) is 77.4 Å². The van der Waals surface area contributed by atoms with Gasteiger partial charge in [0.1, 0.15) is 12.2 Å². The third-order valence-corrected chi connectivity index (χ3v) is 10.0. The van der Waals surface area contributed by atoms with Crippen LogP contribution in [0.5, 0.6) is 0 Å². The Morgan fingerprint density at radius 1 is 0.889 bits per heavy atom. The Morgan fingerprint density at radius 2 is 1.56 bits per heavy atom. The average molecular weight is 895 g/mol. The number of ether oxygens (including phenoxy) is 8. The lowest BCUT2D eigenvalue weighted by Gasteiger charge is -2.44. The number of aryl methyl sites for hydroxylation is 1. The number of fused-ring (bicyclic) bond motifs is 1. The smallest absolute Gasteiger partial charge is 0.330 e. The third kappa shape index (κ3) is 12.0. The predicted molar refractivity (Wildman–Crippen MR) is 214 cm³/mol. The van der Waals surface area contributed by atoms with E-state index in [4.69, 9.17) is 37.9 Å². The molecule has 0 saturated carbocycles. The second-order valence-electron chi connectivity index (χ2n) is 15.4. The highest BCUT2D eigenvalue weighted by Gasteiger charge is 2.61. The number of nitrogens with one attached hydrogen (secondary N) is 3. The highest BCUT2D eigenvalue weighted by molar-refractivity contribution is 5.91. The average Bonchev–Trinajstić information content (AvgIpc) is 3.77. The van der Waals surface area contributed by atoms with Gasteiger partial charge in [0.25, 0.3) is 11.1 Å². The number of esters is 3. The molecule has 25 heteroatoms. The maximum absolute atomic E-state index is 13.0. The van der Waals surface area contributed by atoms with Gasteiger partial charge in [0.05, 0.1) is 59.2 Å². The van der Waals surface area contributed by atoms with Gasteiger partial charge in [-0.05, 0) is 6.92 Å². The summed E-state index contributed by atoms with van der Waals surface area (Å²) in [5, 5.41) is 22.7. The van der Waals surface area contributed by atoms with Crippen LogP contribution < -0.4 is 22.1 Å². The number of hydrogen-bond acceptors (Lipinski definition) is 20. The number of morpholine rings is 1. The van der Waals surface area contributed by atoms with E-state index < -0.39 is 109 Å². The van der Waals surface area contributed by atoms with E-state index in [1.165, 1.54) is 28.6 Å². The van der Waals surface area contributed by atoms with Gasteiger partial charge in [-0.15, -0.1) is 0 Å². The number of aliphatic hydroxyl groups is 2. The first-order valence-electron chi connectivity index (χ1n) is 20.0. The van der Waals surface area contributed by atoms with Crippen LogP contribution in [0.4, 0.5) is 5.95 Å². The SMILES string of the molecule is CC(=O)OC[C@@]1(COCCOCCOCCN2C[C@H](n3cc(C)c(=O)[nH]c3=O)OC(CO)(CO)C2)O[C@@H](n2cnc3c(=O)[nH]c(NC(=O)C(C)C)nc32)[C@H](OC(C)=O)[C@@H]1OC(C)=O. The van der Waals surface area contributed by atoms with Gasteiger partial charge >= 0.3 is 23.6 Å². The molecule has 5 atom stereocenters. The number of carbonyl (C=O) groups excluding carboxylic acids is 4. The molecule has 0 radical (unpaired) electrons. The van der Waals surface area contributed by atoms with E-state index in [0.29, 0.717) is 6.54 Å². The first-order valence-corrected chi connectivity index (χ1v) is 20.0. The fourth-order valence-electron chi connectivity index (χ4n) is 6.91. The van der Waals surface area contributed by atoms with Gasteiger partial charge in [-0.1, -0.05) is 13.8 Å². The zero-order valence-electron chi connectivity index (χ0n) is 35.8. The van der Waals surface area contributed by atoms with Crippen molar-refractivity contribution in [2.75, 3.05) is 84.4 Å². The van der Waals surface area contributed by atoms with Gasteiger partial charge in [0, 0.05) is 58.1 Å². The molecule has 5 N–H and O–H groups in total. The van der Waals surface area contributed by atoms with Crippen LogP contribution in [0, 0.1) is 12.8 Å². The van der Waals surface area contributed by atoms with Crippen LogP contribution in [0.25, 0.3) is 11.2 Å². The minimum Gasteiger partial charge on any atom is -0.463 e. The molecule has 0 bridgehead atoms. The van der Waals surface area contributed by atoms with Crippen LogP contribution >= 0.6 is 0 Å². The van der Waals surface area contributed by atoms with Gasteiger partial charge in [0.15, 0.2) is 41.4 Å². The highest BCUT2D eigenvalue weighted by Crippen LogP contribution is 2.42. The molecule has 0 aromatic carbocycles. The number of imidazole rings is 1. The molecule has 3 aromatic heterocycles. The Hall–Kier alpha value is -5.41. The first kappa shape index (κ1) is 48.6. The second kappa shape index (κ2) is 21.3. The molecular weight excluding hydrogens is 840 g/mol. The van der Waals surface area contributed by atoms with Crippen LogP contribution in [0.3, 0.4) is 0 Å². The Bertz CT molecular complexity index is 2270. The molecule has 0 unspecified atom stereocenters. The van der Waals surface area contributed by atoms with Gasteiger partial charge in [0.2, 0.25) is 11.9 Å². The van der Waals surface area contributed by atoms with E-state index in [9.17, 15) is 43.8 Å². The van der Waals surface area contributed by atoms with Crippen molar-refractivity contribution < 1.29 is 67.3 Å². The van der Waals surface area contributed by atoms with Gasteiger partial charge in [-0.3, -0.25) is 58.1 Å². The molecule has 1 amide bonds. The number of aromatic nitrogens is 6. The van der Waals surface area contributed by atoms with E-state index in [-0.39, 0.29) is 68.8 Å². The van der Waals surface area contributed by atoms with E-state index in [1.807, 2.05) is 4.90 Å². The quantitative estimate of drug-likeness (QED) is 0.0433. The van der Waals surface area contributed by atoms with Crippen LogP contribution in [-0.4, -0.2) is 171 Å². The highest BCUT2D eigenvalue weighted by atomic mass is 16.7. The zero-order valence-corrected chi connectivity index (χ0v) is 35.8. The molecular formula is C38H54N8O17. The van der Waals surface area contributed by atoms with Crippen LogP contribution in [0.15, 0.2) is 26.9 Å². The lowest BCUT2D eigenvalue weighted by atomic mass is 9.96. The van der Waals surface area contributed by atoms with Crippen LogP contribution in [0.1, 0.15) is 52.6 Å². The number of amides is 1. The summed E-state index contributed by atoms with van der Waals surface area (Å²) in [6.07, 6.45) is -2.61. The Morgan fingerprint density at radius 3 is 2.19 bits per heavy atom. The maximum atomic E-state index is 13.0. The van der Waals surface area contributed by atoms with Crippen LogP contribution in [0.2, 0.25) is 0 Å². The van der Waals surface area contributed by atoms with Gasteiger partial charge in [-0.25, -0.2) is 9.78 Å². The molecule has 25 nitrogen and oxygen atoms in total. The van der Waals surface area contributed by atoms with Crippen molar-refractivity contribution in [1.29, 1.82) is 0 Å². The number of nitrogens with zero attached hydrogens (tertiary/aromatic N) is 5. The van der Waals surface area contributed by atoms with E-state index in [0.717, 1.165) is 20.8 Å². The molecule has 2 saturated heterocycles. The molecule has 5 rings (SSSR count). The normalized spacial score (nSPS) is 22.3. The monoisotopic (exact) mass is 894 g/mol. The molecule has 0 spiro atoms. The summed E-state index contributed by atoms with van der Waals surface area (Å²) in [4.78, 5) is 102. The molecule has 5 heterocycles. The Balaban J connectivity index is 1.21. The first-order chi connectivity index (χ1) is 29.9. The number of anilines is 1. The number of carbonyl (C=O) groups is 4. The van der Waals surface area contributed by atoms with Crippen molar-refractivity contribution in [3.63, 3.8) is 0 Å². The lowest BCUT2D eigenvalue weighted by molar-refractivity contribution is -0.215. The summed E-state index contributed by atoms with van der Waals surface area (Å²) < 4.78 is 48.9. The van der Waals surface area contributed by atoms with Crippen molar-refractivity contribution in [3.8, 4) is 0 Å². The summed E-state index contributed by atoms with van der Waals surface area (Å²) in [5.41, 5.74) is -5.07. The van der Waals surface area contributed by atoms with Crippen molar-refractivity contribution in [2.24, 2.45) is 5.92 Å². The molecule has 63 heavy (non-hydrogen) atoms. The Kier molecular flexibility index (Phi) is 16.4. The summed E-state index contributed by atoms with van der Waals surface area (Å²) in [7, 11) is 0. The van der Waals surface area contributed by atoms with Crippen LogP contribution in [-0.2, 0) is 57.1 Å². The molecule has 3 aromatic rings. The van der Waals surface area contributed by atoms with E-state index in [2.05, 4.69) is 25.3 Å². The number of H-pyrrole nitrogens is 2. The summed E-state index contributed by atoms with van der Waals surface area (Å²) >= 11 is 0. The summed E-state index contributed by atoms with van der Waals surface area (Å²) in [5.74, 6) is -3.38. The van der Waals surface area contributed by atoms with Crippen molar-refractivity contribution in [1.82, 2.24) is 34.0 Å². The van der Waals surface area contributed by atoms with Crippen molar-refractivity contribution >= 4 is 40.9 Å². The van der Waals surface area contributed by atoms with Gasteiger partial charge < -0.3 is 48.1 Å². The largest absolute Gasteiger partial charge is 0.463 e. The summed E-state index contributed by atoms with van der Waals surface area (Å²) in [6, 6.07) is 0. The Labute approximate surface area is 358 Å². The fourth-order valence-corrected chi connectivity index (χ4v) is 6.91. The van der Waals surface area contributed by atoms with Crippen molar-refractivity contribution in [3.05, 3.63) is 49.3 Å². The molecule has 2 fully saturated rings. The molecule has 0 aliphatic carbocycles. The van der Waals surface area contributed by atoms with E-state index >= 15 is 0 Å². The number of aromatic amines is 2. The molecule has 2 aliphatic rings. The van der Waals surface area contributed by atoms with E-state index in [1.54, 1.807) is 13.8 Å². The second-order valence-corrected chi connectivity index (χ2v) is 15.4. The lowest BCUT2D eigenvalue weighted by Crippen LogP contribution is -2.59. The maximum Gasteiger partial charge on any atom is 0.330 e. The molecule has 2 aliphatic heterocycles. The zero-order chi connectivity index (χ0) is 46.1. The van der Waals surface area contributed by atoms with Gasteiger partial charge in [-0.2, -0.15) is 4.98 Å². The minimum atomic E-state index is -1.80. The minimum absolute atomic E-state index is 0.0414. The summed E-state index contributed by atoms with van der Waals surface area (Å²) in [6.45, 7) is 7.42.